The zero-order valence-corrected chi connectivity index (χ0v) is 15.7. The van der Waals surface area contributed by atoms with Crippen LogP contribution in [0.2, 0.25) is 0 Å². The van der Waals surface area contributed by atoms with Gasteiger partial charge in [-0.2, -0.15) is 9.61 Å². The number of primary amides is 1. The number of carbonyl (C=O) groups is 3. The Balaban J connectivity index is 1.64. The van der Waals surface area contributed by atoms with E-state index in [1.807, 2.05) is 6.07 Å². The Kier molecular flexibility index (Phi) is 3.84. The SMILES string of the molecule is NC(=O)c1ccc(-c2cc(NC3CC3)n3ncc(C=C4NC(=O)NC4=O)c3n2)s1. The van der Waals surface area contributed by atoms with Crippen molar-refractivity contribution in [2.75, 3.05) is 5.32 Å². The van der Waals surface area contributed by atoms with Crippen LogP contribution in [0.1, 0.15) is 28.1 Å². The van der Waals surface area contributed by atoms with Crippen LogP contribution in [0.4, 0.5) is 10.6 Å². The molecule has 2 aliphatic rings. The average molecular weight is 409 g/mol. The fourth-order valence-electron chi connectivity index (χ4n) is 2.99. The van der Waals surface area contributed by atoms with Crippen molar-refractivity contribution in [2.24, 2.45) is 5.73 Å². The summed E-state index contributed by atoms with van der Waals surface area (Å²) in [6.45, 7) is 0. The van der Waals surface area contributed by atoms with E-state index < -0.39 is 17.8 Å². The summed E-state index contributed by atoms with van der Waals surface area (Å²) in [5.41, 5.74) is 7.23. The molecule has 146 valence electrons. The number of imide groups is 1. The van der Waals surface area contributed by atoms with Gasteiger partial charge in [0, 0.05) is 17.7 Å². The average Bonchev–Trinajstić information content (AvgIpc) is 3.08. The Morgan fingerprint density at radius 3 is 2.79 bits per heavy atom. The lowest BCUT2D eigenvalue weighted by Crippen LogP contribution is -2.22. The van der Waals surface area contributed by atoms with Crippen LogP contribution in [-0.2, 0) is 4.79 Å². The van der Waals surface area contributed by atoms with Gasteiger partial charge in [-0.05, 0) is 31.1 Å². The van der Waals surface area contributed by atoms with E-state index in [9.17, 15) is 14.4 Å². The first-order chi connectivity index (χ1) is 14.0. The third-order valence-electron chi connectivity index (χ3n) is 4.55. The number of nitrogens with two attached hydrogens (primary N) is 1. The van der Waals surface area contributed by atoms with Crippen molar-refractivity contribution in [3.05, 3.63) is 40.5 Å². The first kappa shape index (κ1) is 17.4. The minimum Gasteiger partial charge on any atom is -0.367 e. The van der Waals surface area contributed by atoms with Gasteiger partial charge < -0.3 is 16.4 Å². The van der Waals surface area contributed by atoms with Gasteiger partial charge in [0.25, 0.3) is 11.8 Å². The van der Waals surface area contributed by atoms with E-state index in [2.05, 4.69) is 26.0 Å². The first-order valence-electron chi connectivity index (χ1n) is 8.87. The molecule has 5 N–H and O–H groups in total. The van der Waals surface area contributed by atoms with E-state index in [1.165, 1.54) is 17.4 Å². The van der Waals surface area contributed by atoms with Crippen LogP contribution in [0.25, 0.3) is 22.3 Å². The summed E-state index contributed by atoms with van der Waals surface area (Å²) in [7, 11) is 0. The summed E-state index contributed by atoms with van der Waals surface area (Å²) < 4.78 is 1.66. The summed E-state index contributed by atoms with van der Waals surface area (Å²) in [5.74, 6) is -0.242. The van der Waals surface area contributed by atoms with Gasteiger partial charge in [0.05, 0.1) is 21.6 Å². The van der Waals surface area contributed by atoms with Crippen LogP contribution in [0.5, 0.6) is 0 Å². The monoisotopic (exact) mass is 409 g/mol. The van der Waals surface area contributed by atoms with E-state index >= 15 is 0 Å². The Morgan fingerprint density at radius 2 is 2.14 bits per heavy atom. The topological polar surface area (TPSA) is 144 Å². The summed E-state index contributed by atoms with van der Waals surface area (Å²) in [6.07, 6.45) is 5.27. The number of thiophene rings is 1. The van der Waals surface area contributed by atoms with Gasteiger partial charge in [0.2, 0.25) is 0 Å². The van der Waals surface area contributed by atoms with Crippen LogP contribution in [0.3, 0.4) is 0 Å². The Bertz CT molecular complexity index is 1220. The lowest BCUT2D eigenvalue weighted by molar-refractivity contribution is -0.115. The second kappa shape index (κ2) is 6.41. The third kappa shape index (κ3) is 3.21. The number of aromatic nitrogens is 3. The zero-order chi connectivity index (χ0) is 20.1. The Morgan fingerprint density at radius 1 is 1.31 bits per heavy atom. The first-order valence-corrected chi connectivity index (χ1v) is 9.69. The lowest BCUT2D eigenvalue weighted by Gasteiger charge is -2.09. The van der Waals surface area contributed by atoms with E-state index in [1.54, 1.807) is 22.8 Å². The van der Waals surface area contributed by atoms with Crippen molar-refractivity contribution in [1.82, 2.24) is 25.2 Å². The van der Waals surface area contributed by atoms with Gasteiger partial charge in [0.1, 0.15) is 11.5 Å². The number of rotatable bonds is 5. The van der Waals surface area contributed by atoms with Crippen molar-refractivity contribution < 1.29 is 14.4 Å². The van der Waals surface area contributed by atoms with E-state index in [-0.39, 0.29) is 5.70 Å². The molecule has 4 amide bonds. The van der Waals surface area contributed by atoms with E-state index in [0.29, 0.717) is 27.8 Å². The Labute approximate surface area is 167 Å². The highest BCUT2D eigenvalue weighted by atomic mass is 32.1. The van der Waals surface area contributed by atoms with Crippen LogP contribution >= 0.6 is 11.3 Å². The molecule has 11 heteroatoms. The third-order valence-corrected chi connectivity index (χ3v) is 5.67. The molecule has 1 aliphatic carbocycles. The maximum atomic E-state index is 11.9. The van der Waals surface area contributed by atoms with Gasteiger partial charge in [-0.1, -0.05) is 0 Å². The quantitative estimate of drug-likeness (QED) is 0.369. The van der Waals surface area contributed by atoms with Gasteiger partial charge in [-0.15, -0.1) is 11.3 Å². The number of carbonyl (C=O) groups excluding carboxylic acids is 3. The number of nitrogens with zero attached hydrogens (tertiary/aromatic N) is 3. The molecule has 2 fully saturated rings. The molecule has 5 rings (SSSR count). The maximum Gasteiger partial charge on any atom is 0.326 e. The molecule has 0 atom stereocenters. The summed E-state index contributed by atoms with van der Waals surface area (Å²) >= 11 is 1.26. The minimum atomic E-state index is -0.569. The smallest absolute Gasteiger partial charge is 0.326 e. The van der Waals surface area contributed by atoms with Crippen molar-refractivity contribution in [3.8, 4) is 10.6 Å². The molecule has 0 unspecified atom stereocenters. The van der Waals surface area contributed by atoms with Gasteiger partial charge >= 0.3 is 6.03 Å². The van der Waals surface area contributed by atoms with E-state index in [0.717, 1.165) is 23.5 Å². The number of fused-ring (bicyclic) bond motifs is 1. The number of hydrogen-bond donors (Lipinski definition) is 4. The molecule has 4 heterocycles. The highest BCUT2D eigenvalue weighted by molar-refractivity contribution is 7.17. The fourth-order valence-corrected chi connectivity index (χ4v) is 3.81. The predicted octanol–water partition coefficient (Wildman–Crippen LogP) is 1.31. The molecule has 1 saturated carbocycles. The standard InChI is InChI=1S/C18H15N7O3S/c19-15(26)13-4-3-12(29-13)10-6-14(21-9-1-2-9)25-16(22-10)8(7-20-25)5-11-17(27)24-18(28)23-11/h3-7,9,21H,1-2H2,(H2,19,26)(H2,23,24,27,28). The number of urea groups is 1. The molecule has 0 aromatic carbocycles. The van der Waals surface area contributed by atoms with Crippen LogP contribution in [0.15, 0.2) is 30.1 Å². The molecule has 0 radical (unpaired) electrons. The highest BCUT2D eigenvalue weighted by Crippen LogP contribution is 2.32. The van der Waals surface area contributed by atoms with Gasteiger partial charge in [-0.25, -0.2) is 9.78 Å². The fraction of sp³-hybridized carbons (Fsp3) is 0.167. The molecule has 3 aromatic heterocycles. The molecule has 0 spiro atoms. The van der Waals surface area contributed by atoms with Crippen LogP contribution in [0, 0.1) is 0 Å². The van der Waals surface area contributed by atoms with Gasteiger partial charge in [0.15, 0.2) is 5.65 Å². The normalized spacial score (nSPS) is 17.6. The zero-order valence-electron chi connectivity index (χ0n) is 14.9. The maximum absolute atomic E-state index is 11.9. The van der Waals surface area contributed by atoms with E-state index in [4.69, 9.17) is 5.73 Å². The van der Waals surface area contributed by atoms with Crippen LogP contribution in [-0.4, -0.2) is 38.5 Å². The molecule has 3 aromatic rings. The molecular weight excluding hydrogens is 394 g/mol. The van der Waals surface area contributed by atoms with Crippen molar-refractivity contribution in [3.63, 3.8) is 0 Å². The summed E-state index contributed by atoms with van der Waals surface area (Å²) in [4.78, 5) is 40.6. The second-order valence-corrected chi connectivity index (χ2v) is 7.86. The number of amides is 4. The largest absolute Gasteiger partial charge is 0.367 e. The van der Waals surface area contributed by atoms with Crippen molar-refractivity contribution >= 4 is 46.7 Å². The Hall–Kier alpha value is -3.73. The van der Waals surface area contributed by atoms with Gasteiger partial charge in [-0.3, -0.25) is 14.9 Å². The number of hydrogen-bond acceptors (Lipinski definition) is 7. The highest BCUT2D eigenvalue weighted by Gasteiger charge is 2.25. The molecule has 0 bridgehead atoms. The molecule has 1 aliphatic heterocycles. The minimum absolute atomic E-state index is 0.126. The van der Waals surface area contributed by atoms with Crippen LogP contribution < -0.4 is 21.7 Å². The number of anilines is 1. The molecule has 10 nitrogen and oxygen atoms in total. The van der Waals surface area contributed by atoms with Crippen molar-refractivity contribution in [2.45, 2.75) is 18.9 Å². The predicted molar refractivity (Wildman–Crippen MR) is 106 cm³/mol. The molecular formula is C18H15N7O3S. The second-order valence-electron chi connectivity index (χ2n) is 6.77. The molecule has 1 saturated heterocycles. The lowest BCUT2D eigenvalue weighted by atomic mass is 10.2. The molecule has 29 heavy (non-hydrogen) atoms. The summed E-state index contributed by atoms with van der Waals surface area (Å²) in [6, 6.07) is 5.14. The van der Waals surface area contributed by atoms with Crippen molar-refractivity contribution in [1.29, 1.82) is 0 Å². The summed E-state index contributed by atoms with van der Waals surface area (Å²) in [5, 5.41) is 12.4. The number of nitrogens with one attached hydrogen (secondary N) is 3.